The predicted octanol–water partition coefficient (Wildman–Crippen LogP) is 2.52. The number of nitrogens with zero attached hydrogens (tertiary/aromatic N) is 4. The Balaban J connectivity index is 1.55. The zero-order valence-electron chi connectivity index (χ0n) is 13.8. The van der Waals surface area contributed by atoms with E-state index in [4.69, 9.17) is 0 Å². The summed E-state index contributed by atoms with van der Waals surface area (Å²) in [5.41, 5.74) is 1.19. The number of aromatic nitrogens is 2. The molecule has 0 saturated heterocycles. The molecule has 3 rings (SSSR count). The van der Waals surface area contributed by atoms with Crippen molar-refractivity contribution in [2.24, 2.45) is 0 Å². The van der Waals surface area contributed by atoms with Crippen LogP contribution in [0.15, 0.2) is 23.8 Å². The van der Waals surface area contributed by atoms with Crippen LogP contribution in [0.3, 0.4) is 0 Å². The first kappa shape index (κ1) is 17.9. The lowest BCUT2D eigenvalue weighted by atomic mass is 10.1. The number of alkyl halides is 3. The first-order valence-electron chi connectivity index (χ1n) is 7.90. The minimum absolute atomic E-state index is 0.0201. The zero-order valence-corrected chi connectivity index (χ0v) is 14.6. The van der Waals surface area contributed by atoms with E-state index in [2.05, 4.69) is 4.98 Å². The Bertz CT molecular complexity index is 740. The van der Waals surface area contributed by atoms with Crippen molar-refractivity contribution in [1.82, 2.24) is 19.4 Å². The second-order valence-corrected chi connectivity index (χ2v) is 7.19. The van der Waals surface area contributed by atoms with Crippen LogP contribution in [0.2, 0.25) is 0 Å². The van der Waals surface area contributed by atoms with E-state index >= 15 is 0 Å². The maximum Gasteiger partial charge on any atom is 0.406 e. The molecule has 0 N–H and O–H groups in total. The highest BCUT2D eigenvalue weighted by Crippen LogP contribution is 2.24. The van der Waals surface area contributed by atoms with Gasteiger partial charge in [0.05, 0.1) is 13.1 Å². The quantitative estimate of drug-likeness (QED) is 0.810. The van der Waals surface area contributed by atoms with Crippen LogP contribution in [0.4, 0.5) is 13.2 Å². The average molecular weight is 372 g/mol. The second-order valence-electron chi connectivity index (χ2n) is 6.19. The second kappa shape index (κ2) is 7.17. The number of carbonyl (C=O) groups excluding carboxylic acids is 1. The number of hydrogen-bond acceptors (Lipinski definition) is 4. The van der Waals surface area contributed by atoms with Crippen molar-refractivity contribution < 1.29 is 18.0 Å². The number of amides is 1. The maximum atomic E-state index is 12.6. The molecule has 5 nitrogen and oxygen atoms in total. The topological polar surface area (TPSA) is 41.4 Å². The van der Waals surface area contributed by atoms with E-state index in [1.165, 1.54) is 22.8 Å². The van der Waals surface area contributed by atoms with E-state index in [0.29, 0.717) is 18.9 Å². The predicted molar refractivity (Wildman–Crippen MR) is 88.1 cm³/mol. The van der Waals surface area contributed by atoms with E-state index < -0.39 is 12.7 Å². The molecule has 0 radical (unpaired) electrons. The fourth-order valence-corrected chi connectivity index (χ4v) is 3.81. The van der Waals surface area contributed by atoms with E-state index in [1.807, 2.05) is 11.4 Å². The summed E-state index contributed by atoms with van der Waals surface area (Å²) in [6.45, 7) is 0.555. The number of likely N-dealkylation sites (N-methyl/N-ethyl adjacent to an activating group) is 1. The van der Waals surface area contributed by atoms with Crippen molar-refractivity contribution in [2.75, 3.05) is 20.1 Å². The first-order chi connectivity index (χ1) is 11.8. The summed E-state index contributed by atoms with van der Waals surface area (Å²) in [7, 11) is 1.71. The van der Waals surface area contributed by atoms with Gasteiger partial charge in [0.2, 0.25) is 5.91 Å². The molecule has 136 valence electrons. The minimum atomic E-state index is -4.30. The highest BCUT2D eigenvalue weighted by molar-refractivity contribution is 7.10. The van der Waals surface area contributed by atoms with Crippen molar-refractivity contribution in [3.8, 4) is 0 Å². The Labute approximate surface area is 147 Å². The summed E-state index contributed by atoms with van der Waals surface area (Å²) in [6, 6.07) is 2.04. The Morgan fingerprint density at radius 2 is 2.24 bits per heavy atom. The van der Waals surface area contributed by atoms with Gasteiger partial charge in [-0.25, -0.2) is 4.98 Å². The van der Waals surface area contributed by atoms with Gasteiger partial charge in [-0.05, 0) is 30.5 Å². The van der Waals surface area contributed by atoms with Crippen LogP contribution in [0.1, 0.15) is 16.3 Å². The van der Waals surface area contributed by atoms with Gasteiger partial charge in [0.1, 0.15) is 12.4 Å². The molecule has 1 amide bonds. The Hall–Kier alpha value is -1.87. The van der Waals surface area contributed by atoms with Gasteiger partial charge in [0.15, 0.2) is 0 Å². The highest BCUT2D eigenvalue weighted by Gasteiger charge is 2.29. The fraction of sp³-hybridized carbons (Fsp3) is 0.500. The molecular weight excluding hydrogens is 353 g/mol. The largest absolute Gasteiger partial charge is 0.406 e. The Morgan fingerprint density at radius 1 is 1.44 bits per heavy atom. The molecule has 0 saturated carbocycles. The van der Waals surface area contributed by atoms with Crippen molar-refractivity contribution in [1.29, 1.82) is 0 Å². The smallest absolute Gasteiger partial charge is 0.337 e. The van der Waals surface area contributed by atoms with Crippen LogP contribution in [-0.2, 0) is 30.8 Å². The molecule has 1 aliphatic rings. The molecule has 0 unspecified atom stereocenters. The van der Waals surface area contributed by atoms with E-state index in [9.17, 15) is 18.0 Å². The van der Waals surface area contributed by atoms with Crippen LogP contribution in [0.25, 0.3) is 0 Å². The van der Waals surface area contributed by atoms with Gasteiger partial charge in [-0.2, -0.15) is 13.2 Å². The number of thiophene rings is 1. The fourth-order valence-electron chi connectivity index (χ4n) is 2.92. The van der Waals surface area contributed by atoms with Crippen molar-refractivity contribution in [2.45, 2.75) is 32.2 Å². The van der Waals surface area contributed by atoms with Gasteiger partial charge in [0.25, 0.3) is 0 Å². The third-order valence-electron chi connectivity index (χ3n) is 4.13. The third kappa shape index (κ3) is 4.60. The van der Waals surface area contributed by atoms with Crippen molar-refractivity contribution in [3.05, 3.63) is 40.1 Å². The minimum Gasteiger partial charge on any atom is -0.337 e. The van der Waals surface area contributed by atoms with Crippen LogP contribution < -0.4 is 0 Å². The lowest BCUT2D eigenvalue weighted by molar-refractivity contribution is -0.141. The molecular formula is C16H19F3N4OS. The van der Waals surface area contributed by atoms with Crippen LogP contribution in [0, 0.1) is 0 Å². The summed E-state index contributed by atoms with van der Waals surface area (Å²) in [4.78, 5) is 21.3. The number of carbonyl (C=O) groups is 1. The van der Waals surface area contributed by atoms with Crippen molar-refractivity contribution in [3.63, 3.8) is 0 Å². The first-order valence-corrected chi connectivity index (χ1v) is 8.78. The lowest BCUT2D eigenvalue weighted by Gasteiger charge is -2.29. The number of hydrogen-bond donors (Lipinski definition) is 0. The molecule has 0 atom stereocenters. The van der Waals surface area contributed by atoms with Gasteiger partial charge >= 0.3 is 6.18 Å². The number of halogens is 3. The highest BCUT2D eigenvalue weighted by atomic mass is 32.1. The normalized spacial score (nSPS) is 14.8. The molecule has 25 heavy (non-hydrogen) atoms. The van der Waals surface area contributed by atoms with Crippen LogP contribution >= 0.6 is 11.3 Å². The van der Waals surface area contributed by atoms with Gasteiger partial charge in [-0.1, -0.05) is 0 Å². The monoisotopic (exact) mass is 372 g/mol. The van der Waals surface area contributed by atoms with Crippen LogP contribution in [0.5, 0.6) is 0 Å². The molecule has 0 spiro atoms. The van der Waals surface area contributed by atoms with Gasteiger partial charge < -0.3 is 9.47 Å². The molecule has 0 aromatic carbocycles. The molecule has 3 heterocycles. The Kier molecular flexibility index (Phi) is 5.14. The van der Waals surface area contributed by atoms with E-state index in [1.54, 1.807) is 28.2 Å². The molecule has 2 aromatic rings. The van der Waals surface area contributed by atoms with E-state index in [0.717, 1.165) is 11.0 Å². The summed E-state index contributed by atoms with van der Waals surface area (Å²) in [5, 5.41) is 2.03. The molecule has 0 fully saturated rings. The summed E-state index contributed by atoms with van der Waals surface area (Å²) in [5.74, 6) is 0.277. The summed E-state index contributed by atoms with van der Waals surface area (Å²) >= 11 is 1.71. The number of imidazole rings is 1. The lowest BCUT2D eigenvalue weighted by Crippen LogP contribution is -2.41. The molecule has 2 aromatic heterocycles. The van der Waals surface area contributed by atoms with Crippen molar-refractivity contribution >= 4 is 17.2 Å². The molecule has 0 bridgehead atoms. The van der Waals surface area contributed by atoms with E-state index in [-0.39, 0.29) is 19.0 Å². The Morgan fingerprint density at radius 3 is 3.00 bits per heavy atom. The molecule has 9 heteroatoms. The summed E-state index contributed by atoms with van der Waals surface area (Å²) in [6.07, 6.45) is -0.783. The van der Waals surface area contributed by atoms with Crippen LogP contribution in [-0.4, -0.2) is 51.6 Å². The van der Waals surface area contributed by atoms with Gasteiger partial charge in [-0.15, -0.1) is 11.3 Å². The summed E-state index contributed by atoms with van der Waals surface area (Å²) < 4.78 is 38.8. The molecule has 0 aliphatic carbocycles. The third-order valence-corrected chi connectivity index (χ3v) is 5.15. The SMILES string of the molecule is CN(CC(=O)N1CCc2sccc2C1)Cc1nccn1CC(F)(F)F. The maximum absolute atomic E-state index is 12.6. The zero-order chi connectivity index (χ0) is 18.0. The molecule has 1 aliphatic heterocycles. The van der Waals surface area contributed by atoms with Gasteiger partial charge in [0, 0.05) is 30.4 Å². The number of fused-ring (bicyclic) bond motifs is 1. The number of rotatable bonds is 5. The van der Waals surface area contributed by atoms with Gasteiger partial charge in [-0.3, -0.25) is 9.69 Å². The average Bonchev–Trinajstić information content (AvgIpc) is 3.14. The standard InChI is InChI=1S/C16H19F3N4OS/c1-21(9-14-20-4-6-23(14)11-16(17,18)19)10-15(24)22-5-2-13-12(8-22)3-7-25-13/h3-4,6-7H,2,5,8-11H2,1H3.